The van der Waals surface area contributed by atoms with Crippen LogP contribution in [0.15, 0.2) is 51.7 Å². The molecule has 0 aliphatic carbocycles. The van der Waals surface area contributed by atoms with E-state index >= 15 is 0 Å². The highest BCUT2D eigenvalue weighted by Crippen LogP contribution is 2.31. The van der Waals surface area contributed by atoms with Gasteiger partial charge in [0.15, 0.2) is 6.61 Å². The van der Waals surface area contributed by atoms with Crippen molar-refractivity contribution in [1.29, 1.82) is 0 Å². The number of carbonyl (C=O) groups excluding carboxylic acids is 1. The number of piperidine rings is 2. The van der Waals surface area contributed by atoms with Gasteiger partial charge < -0.3 is 19.4 Å². The van der Waals surface area contributed by atoms with Crippen LogP contribution >= 0.6 is 0 Å². The fourth-order valence-electron chi connectivity index (χ4n) is 5.99. The summed E-state index contributed by atoms with van der Waals surface area (Å²) in [6.07, 6.45) is 6.74. The minimum atomic E-state index is -0.328. The van der Waals surface area contributed by atoms with E-state index in [1.54, 1.807) is 0 Å². The normalized spacial score (nSPS) is 20.2. The second-order valence-corrected chi connectivity index (χ2v) is 10.3. The first-order valence-electron chi connectivity index (χ1n) is 13.2. The van der Waals surface area contributed by atoms with Gasteiger partial charge in [-0.25, -0.2) is 4.79 Å². The number of fused-ring (bicyclic) bond motifs is 2. The number of benzene rings is 2. The molecular weight excluding hydrogens is 452 g/mol. The summed E-state index contributed by atoms with van der Waals surface area (Å²) in [7, 11) is 0. The molecule has 190 valence electrons. The van der Waals surface area contributed by atoms with Crippen LogP contribution in [0, 0.1) is 19.8 Å². The zero-order valence-corrected chi connectivity index (χ0v) is 21.3. The summed E-state index contributed by atoms with van der Waals surface area (Å²) in [5, 5.41) is 3.99. The molecule has 2 aliphatic rings. The van der Waals surface area contributed by atoms with E-state index in [2.05, 4.69) is 10.2 Å². The Labute approximate surface area is 212 Å². The standard InChI is InChI=1S/C30H36N2O4/c1-20-24-13-14-27(21(2)29(24)36-30(34)25(20)17-22-9-4-3-5-10-22)35-19-28(33)31-18-23-11-8-16-32-15-7-6-12-26(23)32/h3-5,9-10,13-14,23,26H,6-8,11-12,15-19H2,1-2H3,(H,31,33)/t23-,26-/m1/s1. The third kappa shape index (κ3) is 5.19. The van der Waals surface area contributed by atoms with E-state index in [4.69, 9.17) is 9.15 Å². The number of ether oxygens (including phenoxy) is 1. The maximum atomic E-state index is 12.8. The SMILES string of the molecule is Cc1c(Cc2ccccc2)c(=O)oc2c(C)c(OCC(=O)NC[C@H]3CCCN4CCCC[C@H]34)ccc12. The molecule has 1 amide bonds. The first-order valence-corrected chi connectivity index (χ1v) is 13.2. The molecule has 0 bridgehead atoms. The van der Waals surface area contributed by atoms with Crippen molar-refractivity contribution in [3.05, 3.63) is 75.1 Å². The van der Waals surface area contributed by atoms with Crippen molar-refractivity contribution in [1.82, 2.24) is 10.2 Å². The van der Waals surface area contributed by atoms with Gasteiger partial charge in [-0.1, -0.05) is 36.8 Å². The molecule has 0 unspecified atom stereocenters. The Morgan fingerprint density at radius 3 is 2.67 bits per heavy atom. The van der Waals surface area contributed by atoms with Crippen molar-refractivity contribution in [3.8, 4) is 5.75 Å². The van der Waals surface area contributed by atoms with Gasteiger partial charge >= 0.3 is 5.63 Å². The lowest BCUT2D eigenvalue weighted by atomic mass is 9.83. The molecule has 1 N–H and O–H groups in total. The molecule has 0 saturated carbocycles. The topological polar surface area (TPSA) is 71.8 Å². The van der Waals surface area contributed by atoms with Gasteiger partial charge in [0.25, 0.3) is 5.91 Å². The number of amides is 1. The highest BCUT2D eigenvalue weighted by Gasteiger charge is 2.32. The van der Waals surface area contributed by atoms with E-state index < -0.39 is 0 Å². The highest BCUT2D eigenvalue weighted by atomic mass is 16.5. The lowest BCUT2D eigenvalue weighted by Crippen LogP contribution is -2.51. The van der Waals surface area contributed by atoms with E-state index in [-0.39, 0.29) is 18.1 Å². The molecule has 3 aromatic rings. The monoisotopic (exact) mass is 488 g/mol. The van der Waals surface area contributed by atoms with Crippen molar-refractivity contribution < 1.29 is 13.9 Å². The lowest BCUT2D eigenvalue weighted by Gasteiger charge is -2.44. The molecule has 6 nitrogen and oxygen atoms in total. The molecule has 0 spiro atoms. The van der Waals surface area contributed by atoms with E-state index in [0.717, 1.165) is 22.1 Å². The molecule has 6 heteroatoms. The van der Waals surface area contributed by atoms with Crippen LogP contribution in [0.3, 0.4) is 0 Å². The molecule has 3 heterocycles. The molecule has 2 aromatic carbocycles. The molecule has 36 heavy (non-hydrogen) atoms. The van der Waals surface area contributed by atoms with Crippen LogP contribution in [0.2, 0.25) is 0 Å². The number of hydrogen-bond donors (Lipinski definition) is 1. The van der Waals surface area contributed by atoms with E-state index in [1.807, 2.05) is 56.3 Å². The maximum absolute atomic E-state index is 12.8. The van der Waals surface area contributed by atoms with Crippen LogP contribution in [0.1, 0.15) is 54.4 Å². The molecule has 2 aliphatic heterocycles. The van der Waals surface area contributed by atoms with Gasteiger partial charge in [0.05, 0.1) is 0 Å². The van der Waals surface area contributed by atoms with Gasteiger partial charge in [-0.2, -0.15) is 0 Å². The summed E-state index contributed by atoms with van der Waals surface area (Å²) in [6, 6.07) is 14.3. The molecule has 1 aromatic heterocycles. The third-order valence-corrected chi connectivity index (χ3v) is 8.03. The van der Waals surface area contributed by atoms with Crippen LogP contribution in [0.4, 0.5) is 0 Å². The minimum absolute atomic E-state index is 0.0528. The Kier molecular flexibility index (Phi) is 7.42. The summed E-state index contributed by atoms with van der Waals surface area (Å²) in [4.78, 5) is 28.1. The second kappa shape index (κ2) is 10.9. The Hall–Kier alpha value is -3.12. The van der Waals surface area contributed by atoms with Crippen LogP contribution in [0.25, 0.3) is 11.0 Å². The molecule has 2 atom stereocenters. The number of hydrogen-bond acceptors (Lipinski definition) is 5. The van der Waals surface area contributed by atoms with Gasteiger partial charge in [-0.15, -0.1) is 0 Å². The zero-order chi connectivity index (χ0) is 25.1. The van der Waals surface area contributed by atoms with E-state index in [0.29, 0.717) is 41.8 Å². The Bertz CT molecular complexity index is 1280. The van der Waals surface area contributed by atoms with Crippen molar-refractivity contribution in [2.45, 2.75) is 58.4 Å². The summed E-state index contributed by atoms with van der Waals surface area (Å²) in [5.74, 6) is 0.971. The fourth-order valence-corrected chi connectivity index (χ4v) is 5.99. The van der Waals surface area contributed by atoms with Crippen molar-refractivity contribution in [2.75, 3.05) is 26.2 Å². The maximum Gasteiger partial charge on any atom is 0.340 e. The van der Waals surface area contributed by atoms with Crippen molar-refractivity contribution >= 4 is 16.9 Å². The Balaban J connectivity index is 1.24. The summed E-state index contributed by atoms with van der Waals surface area (Å²) in [6.45, 7) is 6.88. The van der Waals surface area contributed by atoms with Crippen LogP contribution in [0.5, 0.6) is 5.75 Å². The summed E-state index contributed by atoms with van der Waals surface area (Å²) < 4.78 is 11.6. The number of rotatable bonds is 7. The van der Waals surface area contributed by atoms with Crippen molar-refractivity contribution in [3.63, 3.8) is 0 Å². The molecular formula is C30H36N2O4. The fraction of sp³-hybridized carbons (Fsp3) is 0.467. The zero-order valence-electron chi connectivity index (χ0n) is 21.3. The van der Waals surface area contributed by atoms with Gasteiger partial charge in [0.2, 0.25) is 0 Å². The van der Waals surface area contributed by atoms with Crippen molar-refractivity contribution in [2.24, 2.45) is 5.92 Å². The first kappa shape index (κ1) is 24.6. The van der Waals surface area contributed by atoms with Gasteiger partial charge in [0.1, 0.15) is 11.3 Å². The van der Waals surface area contributed by atoms with Gasteiger partial charge in [-0.3, -0.25) is 4.79 Å². The highest BCUT2D eigenvalue weighted by molar-refractivity contribution is 5.86. The van der Waals surface area contributed by atoms with Crippen LogP contribution in [-0.2, 0) is 11.2 Å². The van der Waals surface area contributed by atoms with E-state index in [9.17, 15) is 9.59 Å². The Morgan fingerprint density at radius 2 is 1.83 bits per heavy atom. The number of nitrogens with one attached hydrogen (secondary N) is 1. The number of aryl methyl sites for hydroxylation is 2. The number of nitrogens with zero attached hydrogens (tertiary/aromatic N) is 1. The molecule has 5 rings (SSSR count). The van der Waals surface area contributed by atoms with Crippen LogP contribution < -0.4 is 15.7 Å². The third-order valence-electron chi connectivity index (χ3n) is 8.03. The average molecular weight is 489 g/mol. The predicted molar refractivity (Wildman–Crippen MR) is 142 cm³/mol. The van der Waals surface area contributed by atoms with E-state index in [1.165, 1.54) is 45.2 Å². The van der Waals surface area contributed by atoms with Gasteiger partial charge in [-0.05, 0) is 81.8 Å². The second-order valence-electron chi connectivity index (χ2n) is 10.3. The smallest absolute Gasteiger partial charge is 0.340 e. The molecule has 2 fully saturated rings. The quantitative estimate of drug-likeness (QED) is 0.486. The van der Waals surface area contributed by atoms with Gasteiger partial charge in [0, 0.05) is 35.5 Å². The minimum Gasteiger partial charge on any atom is -0.483 e. The summed E-state index contributed by atoms with van der Waals surface area (Å²) >= 11 is 0. The first-order chi connectivity index (χ1) is 17.5. The predicted octanol–water partition coefficient (Wildman–Crippen LogP) is 4.76. The average Bonchev–Trinajstić information content (AvgIpc) is 2.90. The summed E-state index contributed by atoms with van der Waals surface area (Å²) in [5.41, 5.74) is 3.58. The number of carbonyl (C=O) groups is 1. The van der Waals surface area contributed by atoms with Crippen LogP contribution in [-0.4, -0.2) is 43.1 Å². The largest absolute Gasteiger partial charge is 0.483 e. The molecule has 0 radical (unpaired) electrons. The Morgan fingerprint density at radius 1 is 1.03 bits per heavy atom. The lowest BCUT2D eigenvalue weighted by molar-refractivity contribution is -0.123. The molecule has 2 saturated heterocycles.